The van der Waals surface area contributed by atoms with Gasteiger partial charge < -0.3 is 9.47 Å². The van der Waals surface area contributed by atoms with Gasteiger partial charge in [-0.25, -0.2) is 4.89 Å². The van der Waals surface area contributed by atoms with Crippen LogP contribution in [0.1, 0.15) is 34.1 Å². The van der Waals surface area contributed by atoms with Crippen LogP contribution in [-0.2, 0) is 14.4 Å². The summed E-state index contributed by atoms with van der Waals surface area (Å²) in [5, 5.41) is 8.61. The van der Waals surface area contributed by atoms with Crippen molar-refractivity contribution in [3.8, 4) is 0 Å². The molecular formula is C10H22O4. The van der Waals surface area contributed by atoms with E-state index >= 15 is 0 Å². The van der Waals surface area contributed by atoms with E-state index in [2.05, 4.69) is 4.89 Å². The van der Waals surface area contributed by atoms with Crippen molar-refractivity contribution in [2.45, 2.75) is 52.4 Å². The maximum Gasteiger partial charge on any atom is 0.119 e. The second-order valence-corrected chi connectivity index (χ2v) is 3.13. The van der Waals surface area contributed by atoms with Crippen LogP contribution >= 0.6 is 0 Å². The largest absolute Gasteiger partial charge is 0.376 e. The first-order valence-corrected chi connectivity index (χ1v) is 5.24. The molecule has 86 valence electrons. The summed E-state index contributed by atoms with van der Waals surface area (Å²) < 4.78 is 11.0. The summed E-state index contributed by atoms with van der Waals surface area (Å²) in [6.07, 6.45) is 0.232. The van der Waals surface area contributed by atoms with E-state index < -0.39 is 0 Å². The van der Waals surface area contributed by atoms with E-state index in [0.717, 1.165) is 6.42 Å². The minimum absolute atomic E-state index is 0.0258. The Morgan fingerprint density at radius 3 is 2.00 bits per heavy atom. The second-order valence-electron chi connectivity index (χ2n) is 3.13. The molecule has 0 aliphatic heterocycles. The predicted octanol–water partition coefficient (Wildman–Crippen LogP) is 2.08. The maximum atomic E-state index is 8.61. The summed E-state index contributed by atoms with van der Waals surface area (Å²) in [4.78, 5) is 4.29. The van der Waals surface area contributed by atoms with Crippen molar-refractivity contribution in [3.05, 3.63) is 0 Å². The Hall–Kier alpha value is -0.160. The SMILES string of the molecule is CCO[C@@H]([C@H](C)OO)[C@H](CC)OCC. The normalized spacial score (nSPS) is 17.8. The Balaban J connectivity index is 4.25. The maximum absolute atomic E-state index is 8.61. The van der Waals surface area contributed by atoms with Gasteiger partial charge in [0.2, 0.25) is 0 Å². The topological polar surface area (TPSA) is 47.9 Å². The number of ether oxygens (including phenoxy) is 2. The van der Waals surface area contributed by atoms with Gasteiger partial charge in [0, 0.05) is 13.2 Å². The molecular weight excluding hydrogens is 184 g/mol. The van der Waals surface area contributed by atoms with Crippen molar-refractivity contribution in [1.29, 1.82) is 0 Å². The van der Waals surface area contributed by atoms with E-state index in [4.69, 9.17) is 14.7 Å². The Morgan fingerprint density at radius 2 is 1.64 bits per heavy atom. The first-order chi connectivity index (χ1) is 6.71. The quantitative estimate of drug-likeness (QED) is 0.488. The molecule has 0 aromatic carbocycles. The van der Waals surface area contributed by atoms with Crippen molar-refractivity contribution >= 4 is 0 Å². The zero-order valence-corrected chi connectivity index (χ0v) is 9.53. The van der Waals surface area contributed by atoms with Crippen molar-refractivity contribution in [1.82, 2.24) is 0 Å². The molecule has 4 nitrogen and oxygen atoms in total. The molecule has 0 heterocycles. The average molecular weight is 206 g/mol. The molecule has 0 saturated carbocycles. The third-order valence-corrected chi connectivity index (χ3v) is 2.14. The van der Waals surface area contributed by atoms with Crippen molar-refractivity contribution in [3.63, 3.8) is 0 Å². The van der Waals surface area contributed by atoms with Crippen molar-refractivity contribution in [2.24, 2.45) is 0 Å². The van der Waals surface area contributed by atoms with Crippen LogP contribution in [0.2, 0.25) is 0 Å². The highest BCUT2D eigenvalue weighted by Gasteiger charge is 2.27. The lowest BCUT2D eigenvalue weighted by Crippen LogP contribution is -2.40. The van der Waals surface area contributed by atoms with E-state index in [1.165, 1.54) is 0 Å². The molecule has 0 unspecified atom stereocenters. The molecule has 0 fully saturated rings. The van der Waals surface area contributed by atoms with Crippen LogP contribution in [0.5, 0.6) is 0 Å². The van der Waals surface area contributed by atoms with Gasteiger partial charge in [0.15, 0.2) is 0 Å². The standard InChI is InChI=1S/C10H22O4/c1-5-9(12-6-2)10(13-7-3)8(4)14-11/h8-11H,5-7H2,1-4H3/t8-,9-,10-/m0/s1. The molecule has 3 atom stereocenters. The summed E-state index contributed by atoms with van der Waals surface area (Å²) in [5.41, 5.74) is 0. The molecule has 1 N–H and O–H groups in total. The first kappa shape index (κ1) is 13.8. The van der Waals surface area contributed by atoms with E-state index in [1.807, 2.05) is 20.8 Å². The summed E-state index contributed by atoms with van der Waals surface area (Å²) >= 11 is 0. The molecule has 0 aliphatic carbocycles. The van der Waals surface area contributed by atoms with Crippen LogP contribution in [0.3, 0.4) is 0 Å². The molecule has 4 heteroatoms. The smallest absolute Gasteiger partial charge is 0.119 e. The van der Waals surface area contributed by atoms with Crippen LogP contribution in [0, 0.1) is 0 Å². The van der Waals surface area contributed by atoms with E-state index in [-0.39, 0.29) is 18.3 Å². The molecule has 0 aliphatic rings. The molecule has 0 bridgehead atoms. The predicted molar refractivity (Wildman–Crippen MR) is 54.3 cm³/mol. The number of hydrogen-bond donors (Lipinski definition) is 1. The van der Waals surface area contributed by atoms with Crippen LogP contribution in [0.4, 0.5) is 0 Å². The minimum atomic E-state index is -0.369. The van der Waals surface area contributed by atoms with Crippen molar-refractivity contribution < 1.29 is 19.6 Å². The fourth-order valence-electron chi connectivity index (χ4n) is 1.46. The van der Waals surface area contributed by atoms with Crippen LogP contribution in [0.25, 0.3) is 0 Å². The van der Waals surface area contributed by atoms with Crippen LogP contribution < -0.4 is 0 Å². The van der Waals surface area contributed by atoms with E-state index in [9.17, 15) is 0 Å². The molecule has 0 spiro atoms. The van der Waals surface area contributed by atoms with Gasteiger partial charge in [-0.2, -0.15) is 0 Å². The molecule has 0 aromatic heterocycles. The van der Waals surface area contributed by atoms with Gasteiger partial charge in [-0.15, -0.1) is 0 Å². The molecule has 0 rings (SSSR count). The molecule has 0 saturated heterocycles. The molecule has 14 heavy (non-hydrogen) atoms. The zero-order chi connectivity index (χ0) is 11.0. The fraction of sp³-hybridized carbons (Fsp3) is 1.00. The van der Waals surface area contributed by atoms with Gasteiger partial charge >= 0.3 is 0 Å². The molecule has 0 radical (unpaired) electrons. The van der Waals surface area contributed by atoms with Crippen LogP contribution in [-0.4, -0.2) is 36.8 Å². The minimum Gasteiger partial charge on any atom is -0.376 e. The lowest BCUT2D eigenvalue weighted by molar-refractivity contribution is -0.304. The van der Waals surface area contributed by atoms with Gasteiger partial charge in [-0.1, -0.05) is 6.92 Å². The lowest BCUT2D eigenvalue weighted by atomic mass is 10.1. The Morgan fingerprint density at radius 1 is 1.07 bits per heavy atom. The van der Waals surface area contributed by atoms with Crippen molar-refractivity contribution in [2.75, 3.05) is 13.2 Å². The average Bonchev–Trinajstić information content (AvgIpc) is 2.22. The summed E-state index contributed by atoms with van der Waals surface area (Å²) in [6.45, 7) is 8.87. The highest BCUT2D eigenvalue weighted by molar-refractivity contribution is 4.75. The molecule has 0 amide bonds. The highest BCUT2D eigenvalue weighted by Crippen LogP contribution is 2.14. The Bertz CT molecular complexity index is 129. The lowest BCUT2D eigenvalue weighted by Gasteiger charge is -2.28. The fourth-order valence-corrected chi connectivity index (χ4v) is 1.46. The number of hydrogen-bond acceptors (Lipinski definition) is 4. The molecule has 0 aromatic rings. The van der Waals surface area contributed by atoms with E-state index in [0.29, 0.717) is 13.2 Å². The second kappa shape index (κ2) is 8.17. The van der Waals surface area contributed by atoms with Gasteiger partial charge in [-0.05, 0) is 27.2 Å². The monoisotopic (exact) mass is 206 g/mol. The summed E-state index contributed by atoms with van der Waals surface area (Å²) in [5.74, 6) is 0. The Labute approximate surface area is 86.1 Å². The highest BCUT2D eigenvalue weighted by atomic mass is 17.1. The van der Waals surface area contributed by atoms with Gasteiger partial charge in [0.05, 0.1) is 6.10 Å². The van der Waals surface area contributed by atoms with Crippen LogP contribution in [0.15, 0.2) is 0 Å². The van der Waals surface area contributed by atoms with Gasteiger partial charge in [0.1, 0.15) is 12.2 Å². The van der Waals surface area contributed by atoms with Gasteiger partial charge in [-0.3, -0.25) is 5.26 Å². The Kier molecular flexibility index (Phi) is 8.08. The van der Waals surface area contributed by atoms with Gasteiger partial charge in [0.25, 0.3) is 0 Å². The third kappa shape index (κ3) is 4.37. The zero-order valence-electron chi connectivity index (χ0n) is 9.53. The van der Waals surface area contributed by atoms with E-state index in [1.54, 1.807) is 6.92 Å². The third-order valence-electron chi connectivity index (χ3n) is 2.14. The summed E-state index contributed by atoms with van der Waals surface area (Å²) in [7, 11) is 0. The number of rotatable bonds is 8. The summed E-state index contributed by atoms with van der Waals surface area (Å²) in [6, 6.07) is 0. The first-order valence-electron chi connectivity index (χ1n) is 5.24.